The highest BCUT2D eigenvalue weighted by Gasteiger charge is 2.21. The molecule has 0 aliphatic carbocycles. The number of carbonyl (C=O) groups excluding carboxylic acids is 2. The largest absolute Gasteiger partial charge is 0.338 e. The van der Waals surface area contributed by atoms with E-state index in [-0.39, 0.29) is 11.9 Å². The van der Waals surface area contributed by atoms with Crippen LogP contribution < -0.4 is 0 Å². The molecule has 1 unspecified atom stereocenters. The van der Waals surface area contributed by atoms with Gasteiger partial charge < -0.3 is 4.84 Å². The predicted octanol–water partition coefficient (Wildman–Crippen LogP) is 3.54. The second kappa shape index (κ2) is 7.61. The van der Waals surface area contributed by atoms with Gasteiger partial charge in [-0.1, -0.05) is 30.0 Å². The van der Waals surface area contributed by atoms with Crippen LogP contribution in [0.4, 0.5) is 0 Å². The summed E-state index contributed by atoms with van der Waals surface area (Å²) >= 11 is 1.60. The normalized spacial score (nSPS) is 11.1. The first-order chi connectivity index (χ1) is 11.0. The van der Waals surface area contributed by atoms with Gasteiger partial charge in [-0.25, -0.2) is 0 Å². The van der Waals surface area contributed by atoms with Crippen LogP contribution >= 0.6 is 11.3 Å². The van der Waals surface area contributed by atoms with E-state index in [9.17, 15) is 9.59 Å². The minimum atomic E-state index is -0.523. The van der Waals surface area contributed by atoms with Crippen LogP contribution in [0.2, 0.25) is 0 Å². The molecule has 2 aromatic rings. The van der Waals surface area contributed by atoms with Gasteiger partial charge in [0.05, 0.1) is 10.9 Å². The van der Waals surface area contributed by atoms with Gasteiger partial charge in [-0.05, 0) is 36.1 Å². The van der Waals surface area contributed by atoms with Crippen molar-refractivity contribution in [2.75, 3.05) is 0 Å². The van der Waals surface area contributed by atoms with Crippen molar-refractivity contribution in [2.45, 2.75) is 26.8 Å². The lowest BCUT2D eigenvalue weighted by molar-refractivity contribution is -0.203. The molecule has 1 aromatic carbocycles. The number of amides is 1. The maximum atomic E-state index is 11.6. The van der Waals surface area contributed by atoms with Gasteiger partial charge in [0.2, 0.25) is 0 Å². The molecule has 0 aliphatic heterocycles. The van der Waals surface area contributed by atoms with Crippen LogP contribution in [0.5, 0.6) is 0 Å². The smallest absolute Gasteiger partial charge is 0.329 e. The third-order valence-corrected chi connectivity index (χ3v) is 3.92. The first kappa shape index (κ1) is 16.8. The molecule has 0 spiro atoms. The molecule has 0 aliphatic rings. The fraction of sp³-hybridized carbons (Fsp3) is 0.222. The minimum absolute atomic E-state index is 0.325. The fourth-order valence-electron chi connectivity index (χ4n) is 2.02. The molecule has 2 rings (SSSR count). The lowest BCUT2D eigenvalue weighted by atomic mass is 10.1. The van der Waals surface area contributed by atoms with Gasteiger partial charge in [0.15, 0.2) is 0 Å². The van der Waals surface area contributed by atoms with Gasteiger partial charge in [-0.2, -0.15) is 5.06 Å². The van der Waals surface area contributed by atoms with Crippen molar-refractivity contribution in [3.05, 3.63) is 57.8 Å². The summed E-state index contributed by atoms with van der Waals surface area (Å²) in [5.41, 5.74) is 1.75. The number of hydrogen-bond donors (Lipinski definition) is 0. The average molecular weight is 327 g/mol. The number of hydrogen-bond acceptors (Lipinski definition) is 4. The van der Waals surface area contributed by atoms with Crippen molar-refractivity contribution in [3.63, 3.8) is 0 Å². The molecule has 0 saturated heterocycles. The summed E-state index contributed by atoms with van der Waals surface area (Å²) in [7, 11) is 0. The summed E-state index contributed by atoms with van der Waals surface area (Å²) in [5, 5.41) is 3.06. The molecule has 4 nitrogen and oxygen atoms in total. The van der Waals surface area contributed by atoms with Crippen LogP contribution in [-0.4, -0.2) is 16.9 Å². The Bertz CT molecular complexity index is 739. The van der Waals surface area contributed by atoms with Crippen molar-refractivity contribution < 1.29 is 14.4 Å². The molecular weight excluding hydrogens is 310 g/mol. The first-order valence-electron chi connectivity index (χ1n) is 7.11. The van der Waals surface area contributed by atoms with E-state index in [2.05, 4.69) is 11.8 Å². The minimum Gasteiger partial charge on any atom is -0.338 e. The Morgan fingerprint density at radius 1 is 1.13 bits per heavy atom. The van der Waals surface area contributed by atoms with Crippen LogP contribution in [-0.2, 0) is 14.4 Å². The number of carbonyl (C=O) groups is 2. The van der Waals surface area contributed by atoms with E-state index >= 15 is 0 Å². The highest BCUT2D eigenvalue weighted by atomic mass is 32.1. The zero-order valence-corrected chi connectivity index (χ0v) is 14.0. The Morgan fingerprint density at radius 3 is 2.35 bits per heavy atom. The predicted molar refractivity (Wildman–Crippen MR) is 89.4 cm³/mol. The van der Waals surface area contributed by atoms with E-state index in [1.165, 1.54) is 13.8 Å². The van der Waals surface area contributed by atoms with Gasteiger partial charge in [0.25, 0.3) is 5.91 Å². The summed E-state index contributed by atoms with van der Waals surface area (Å²) in [4.78, 5) is 28.7. The van der Waals surface area contributed by atoms with Crippen LogP contribution in [0.3, 0.4) is 0 Å². The number of nitrogens with zero attached hydrogens (tertiary/aromatic N) is 1. The maximum Gasteiger partial charge on any atom is 0.329 e. The van der Waals surface area contributed by atoms with E-state index in [0.717, 1.165) is 21.1 Å². The Labute approximate surface area is 139 Å². The molecule has 1 amide bonds. The second-order valence-corrected chi connectivity index (χ2v) is 5.90. The molecule has 0 N–H and O–H groups in total. The third kappa shape index (κ3) is 4.70. The number of thiophene rings is 1. The van der Waals surface area contributed by atoms with Gasteiger partial charge in [0.1, 0.15) is 0 Å². The molecule has 1 atom stereocenters. The van der Waals surface area contributed by atoms with E-state index in [4.69, 9.17) is 4.84 Å². The van der Waals surface area contributed by atoms with Gasteiger partial charge in [0, 0.05) is 19.4 Å². The number of hydroxylamine groups is 2. The Hall–Kier alpha value is -2.58. The summed E-state index contributed by atoms with van der Waals surface area (Å²) in [5.74, 6) is 5.34. The summed E-state index contributed by atoms with van der Waals surface area (Å²) in [6.45, 7) is 4.43. The number of benzene rings is 1. The summed E-state index contributed by atoms with van der Waals surface area (Å²) in [6.07, 6.45) is 0. The van der Waals surface area contributed by atoms with Crippen LogP contribution in [0.25, 0.3) is 0 Å². The van der Waals surface area contributed by atoms with Gasteiger partial charge in [-0.3, -0.25) is 9.59 Å². The van der Waals surface area contributed by atoms with Gasteiger partial charge in [-0.15, -0.1) is 11.3 Å². The molecule has 0 radical (unpaired) electrons. The van der Waals surface area contributed by atoms with E-state index < -0.39 is 5.97 Å². The van der Waals surface area contributed by atoms with Crippen LogP contribution in [0.1, 0.15) is 42.8 Å². The Balaban J connectivity index is 2.14. The maximum absolute atomic E-state index is 11.6. The summed E-state index contributed by atoms with van der Waals surface area (Å²) in [6, 6.07) is 11.1. The average Bonchev–Trinajstić information content (AvgIpc) is 3.03. The third-order valence-electron chi connectivity index (χ3n) is 3.13. The lowest BCUT2D eigenvalue weighted by Crippen LogP contribution is -2.33. The zero-order valence-electron chi connectivity index (χ0n) is 13.2. The SMILES string of the molecule is CC(=O)ON(C(C)=O)C(C)c1ccc(C#Cc2cccs2)cc1. The van der Waals surface area contributed by atoms with Gasteiger partial charge >= 0.3 is 5.97 Å². The fourth-order valence-corrected chi connectivity index (χ4v) is 2.59. The molecule has 118 valence electrons. The van der Waals surface area contributed by atoms with E-state index in [0.29, 0.717) is 0 Å². The molecule has 5 heteroatoms. The van der Waals surface area contributed by atoms with Crippen LogP contribution in [0, 0.1) is 11.8 Å². The van der Waals surface area contributed by atoms with Crippen molar-refractivity contribution in [1.82, 2.24) is 5.06 Å². The molecule has 0 bridgehead atoms. The first-order valence-corrected chi connectivity index (χ1v) is 7.99. The molecule has 1 heterocycles. The van der Waals surface area contributed by atoms with Crippen molar-refractivity contribution >= 4 is 23.2 Å². The Morgan fingerprint density at radius 2 is 1.83 bits per heavy atom. The zero-order chi connectivity index (χ0) is 16.8. The topological polar surface area (TPSA) is 46.6 Å². The quantitative estimate of drug-likeness (QED) is 0.626. The highest BCUT2D eigenvalue weighted by molar-refractivity contribution is 7.10. The molecule has 0 fully saturated rings. The van der Waals surface area contributed by atoms with Crippen molar-refractivity contribution in [3.8, 4) is 11.8 Å². The number of rotatable bonds is 2. The van der Waals surface area contributed by atoms with E-state index in [1.54, 1.807) is 18.3 Å². The summed E-state index contributed by atoms with van der Waals surface area (Å²) < 4.78 is 0. The molecule has 23 heavy (non-hydrogen) atoms. The highest BCUT2D eigenvalue weighted by Crippen LogP contribution is 2.21. The molecule has 0 saturated carbocycles. The standard InChI is InChI=1S/C18H17NO3S/c1-13(19(14(2)20)22-15(3)21)17-9-6-16(7-10-17)8-11-18-5-4-12-23-18/h4-7,9-10,12-13H,1-3H3. The van der Waals surface area contributed by atoms with Crippen LogP contribution in [0.15, 0.2) is 41.8 Å². The van der Waals surface area contributed by atoms with E-state index in [1.807, 2.05) is 41.8 Å². The second-order valence-electron chi connectivity index (χ2n) is 4.95. The molecular formula is C18H17NO3S. The van der Waals surface area contributed by atoms with Crippen molar-refractivity contribution in [2.24, 2.45) is 0 Å². The van der Waals surface area contributed by atoms with Crippen molar-refractivity contribution in [1.29, 1.82) is 0 Å². The monoisotopic (exact) mass is 327 g/mol. The Kier molecular flexibility index (Phi) is 5.56. The lowest BCUT2D eigenvalue weighted by Gasteiger charge is -2.25. The molecule has 1 aromatic heterocycles.